The molecule has 0 aliphatic carbocycles. The molecule has 2 N–H and O–H groups in total. The minimum absolute atomic E-state index is 0.115. The monoisotopic (exact) mass is 441 g/mol. The number of carbonyl (C=O) groups excluding carboxylic acids is 2. The van der Waals surface area contributed by atoms with Gasteiger partial charge in [-0.2, -0.15) is 0 Å². The maximum Gasteiger partial charge on any atom is 0.255 e. The van der Waals surface area contributed by atoms with Crippen molar-refractivity contribution >= 4 is 23.2 Å². The summed E-state index contributed by atoms with van der Waals surface area (Å²) in [5.41, 5.74) is 3.92. The molecule has 0 atom stereocenters. The lowest BCUT2D eigenvalue weighted by Gasteiger charge is -2.33. The lowest BCUT2D eigenvalue weighted by atomic mass is 9.97. The highest BCUT2D eigenvalue weighted by Crippen LogP contribution is 2.29. The average molecular weight is 442 g/mol. The molecule has 3 aromatic rings. The predicted molar refractivity (Wildman–Crippen MR) is 134 cm³/mol. The Hall–Kier alpha value is -3.60. The molecular weight excluding hydrogens is 410 g/mol. The lowest BCUT2D eigenvalue weighted by Crippen LogP contribution is -2.35. The van der Waals surface area contributed by atoms with Gasteiger partial charge in [0.1, 0.15) is 0 Å². The van der Waals surface area contributed by atoms with Crippen LogP contribution in [0.3, 0.4) is 0 Å². The Morgan fingerprint density at radius 3 is 2.24 bits per heavy atom. The lowest BCUT2D eigenvalue weighted by molar-refractivity contribution is 0.0953. The molecule has 170 valence electrons. The molecule has 0 aromatic heterocycles. The van der Waals surface area contributed by atoms with Crippen LogP contribution in [-0.2, 0) is 6.42 Å². The van der Waals surface area contributed by atoms with Gasteiger partial charge in [0, 0.05) is 36.6 Å². The van der Waals surface area contributed by atoms with E-state index in [9.17, 15) is 9.59 Å². The van der Waals surface area contributed by atoms with Crippen LogP contribution in [0.4, 0.5) is 11.4 Å². The Morgan fingerprint density at radius 1 is 0.879 bits per heavy atom. The second-order valence-corrected chi connectivity index (χ2v) is 8.71. The van der Waals surface area contributed by atoms with Crippen molar-refractivity contribution < 1.29 is 9.59 Å². The van der Waals surface area contributed by atoms with Gasteiger partial charge in [0.25, 0.3) is 11.8 Å². The molecule has 1 aliphatic heterocycles. The van der Waals surface area contributed by atoms with Gasteiger partial charge in [0.2, 0.25) is 0 Å². The third-order valence-electron chi connectivity index (χ3n) is 6.20. The van der Waals surface area contributed by atoms with E-state index in [1.165, 1.54) is 5.56 Å². The number of benzene rings is 3. The molecule has 5 nitrogen and oxygen atoms in total. The number of hydrogen-bond donors (Lipinski definition) is 2. The van der Waals surface area contributed by atoms with Crippen LogP contribution in [0.15, 0.2) is 78.9 Å². The van der Waals surface area contributed by atoms with Gasteiger partial charge in [-0.3, -0.25) is 9.59 Å². The van der Waals surface area contributed by atoms with Gasteiger partial charge < -0.3 is 15.5 Å². The Labute approximate surface area is 195 Å². The molecule has 4 rings (SSSR count). The van der Waals surface area contributed by atoms with Gasteiger partial charge in [-0.25, -0.2) is 0 Å². The van der Waals surface area contributed by atoms with Crippen LogP contribution in [0, 0.1) is 5.92 Å². The first-order valence-electron chi connectivity index (χ1n) is 11.7. The SMILES string of the molecule is CC1CCN(c2ccc(NC(=O)c3ccccc3)cc2C(=O)NCCc2ccccc2)CC1. The minimum Gasteiger partial charge on any atom is -0.371 e. The highest BCUT2D eigenvalue weighted by molar-refractivity contribution is 6.06. The van der Waals surface area contributed by atoms with Crippen molar-refractivity contribution in [1.29, 1.82) is 0 Å². The number of piperidine rings is 1. The van der Waals surface area contributed by atoms with E-state index in [4.69, 9.17) is 0 Å². The van der Waals surface area contributed by atoms with Crippen LogP contribution in [0.2, 0.25) is 0 Å². The molecule has 1 saturated heterocycles. The van der Waals surface area contributed by atoms with Crippen molar-refractivity contribution in [3.63, 3.8) is 0 Å². The van der Waals surface area contributed by atoms with Gasteiger partial charge >= 0.3 is 0 Å². The summed E-state index contributed by atoms with van der Waals surface area (Å²) in [6.07, 6.45) is 3.00. The van der Waals surface area contributed by atoms with E-state index in [2.05, 4.69) is 34.6 Å². The van der Waals surface area contributed by atoms with Gasteiger partial charge in [-0.05, 0) is 61.1 Å². The summed E-state index contributed by atoms with van der Waals surface area (Å²) in [5, 5.41) is 6.00. The van der Waals surface area contributed by atoms with Gasteiger partial charge in [-0.15, -0.1) is 0 Å². The van der Waals surface area contributed by atoms with Gasteiger partial charge in [0.15, 0.2) is 0 Å². The molecule has 33 heavy (non-hydrogen) atoms. The van der Waals surface area contributed by atoms with Gasteiger partial charge in [-0.1, -0.05) is 55.5 Å². The Balaban J connectivity index is 1.52. The van der Waals surface area contributed by atoms with Crippen molar-refractivity contribution in [2.75, 3.05) is 29.9 Å². The molecular formula is C28H31N3O2. The number of hydrogen-bond acceptors (Lipinski definition) is 3. The highest BCUT2D eigenvalue weighted by Gasteiger charge is 2.22. The third kappa shape index (κ3) is 6.01. The zero-order valence-corrected chi connectivity index (χ0v) is 19.1. The average Bonchev–Trinajstić information content (AvgIpc) is 2.86. The summed E-state index contributed by atoms with van der Waals surface area (Å²) < 4.78 is 0. The molecule has 0 radical (unpaired) electrons. The zero-order chi connectivity index (χ0) is 23.0. The van der Waals surface area contributed by atoms with E-state index in [1.807, 2.05) is 48.5 Å². The Kier molecular flexibility index (Phi) is 7.40. The fourth-order valence-electron chi connectivity index (χ4n) is 4.17. The van der Waals surface area contributed by atoms with Crippen molar-refractivity contribution in [3.8, 4) is 0 Å². The van der Waals surface area contributed by atoms with E-state index in [-0.39, 0.29) is 11.8 Å². The van der Waals surface area contributed by atoms with Crippen molar-refractivity contribution in [2.45, 2.75) is 26.2 Å². The first kappa shape index (κ1) is 22.6. The first-order chi connectivity index (χ1) is 16.1. The minimum atomic E-state index is -0.189. The van der Waals surface area contributed by atoms with E-state index < -0.39 is 0 Å². The Morgan fingerprint density at radius 2 is 1.55 bits per heavy atom. The summed E-state index contributed by atoms with van der Waals surface area (Å²) in [7, 11) is 0. The van der Waals surface area contributed by atoms with Crippen LogP contribution >= 0.6 is 0 Å². The number of carbonyl (C=O) groups is 2. The maximum absolute atomic E-state index is 13.2. The molecule has 0 saturated carbocycles. The molecule has 1 fully saturated rings. The maximum atomic E-state index is 13.2. The number of amides is 2. The van der Waals surface area contributed by atoms with E-state index in [1.54, 1.807) is 18.2 Å². The quantitative estimate of drug-likeness (QED) is 0.533. The highest BCUT2D eigenvalue weighted by atomic mass is 16.2. The Bertz CT molecular complexity index is 1070. The zero-order valence-electron chi connectivity index (χ0n) is 19.1. The summed E-state index contributed by atoms with van der Waals surface area (Å²) in [5.74, 6) is 0.398. The second kappa shape index (κ2) is 10.8. The molecule has 1 aliphatic rings. The molecule has 2 amide bonds. The number of nitrogens with zero attached hydrogens (tertiary/aromatic N) is 1. The standard InChI is InChI=1S/C28H31N3O2/c1-21-15-18-31(19-16-21)26-13-12-24(30-27(32)23-10-6-3-7-11-23)20-25(26)28(33)29-17-14-22-8-4-2-5-9-22/h2-13,20-21H,14-19H2,1H3,(H,29,33)(H,30,32). The number of nitrogens with one attached hydrogen (secondary N) is 2. The number of anilines is 2. The summed E-state index contributed by atoms with van der Waals surface area (Å²) in [6, 6.07) is 24.9. The predicted octanol–water partition coefficient (Wildman–Crippen LogP) is 5.15. The van der Waals surface area contributed by atoms with Crippen LogP contribution in [0.1, 0.15) is 46.0 Å². The summed E-state index contributed by atoms with van der Waals surface area (Å²) in [6.45, 7) is 4.69. The van der Waals surface area contributed by atoms with Crippen LogP contribution in [0.25, 0.3) is 0 Å². The molecule has 3 aromatic carbocycles. The fraction of sp³-hybridized carbons (Fsp3) is 0.286. The molecule has 0 spiro atoms. The summed E-state index contributed by atoms with van der Waals surface area (Å²) in [4.78, 5) is 28.1. The molecule has 0 unspecified atom stereocenters. The first-order valence-corrected chi connectivity index (χ1v) is 11.7. The van der Waals surface area contributed by atoms with Gasteiger partial charge in [0.05, 0.1) is 5.56 Å². The third-order valence-corrected chi connectivity index (χ3v) is 6.20. The van der Waals surface area contributed by atoms with Crippen molar-refractivity contribution in [2.24, 2.45) is 5.92 Å². The smallest absolute Gasteiger partial charge is 0.255 e. The van der Waals surface area contributed by atoms with E-state index >= 15 is 0 Å². The van der Waals surface area contributed by atoms with E-state index in [0.29, 0.717) is 29.3 Å². The van der Waals surface area contributed by atoms with Crippen molar-refractivity contribution in [3.05, 3.63) is 95.6 Å². The molecule has 0 bridgehead atoms. The largest absolute Gasteiger partial charge is 0.371 e. The van der Waals surface area contributed by atoms with Crippen LogP contribution < -0.4 is 15.5 Å². The second-order valence-electron chi connectivity index (χ2n) is 8.71. The fourth-order valence-corrected chi connectivity index (χ4v) is 4.17. The molecule has 1 heterocycles. The van der Waals surface area contributed by atoms with Crippen LogP contribution in [0.5, 0.6) is 0 Å². The normalized spacial score (nSPS) is 14.0. The van der Waals surface area contributed by atoms with Crippen LogP contribution in [-0.4, -0.2) is 31.4 Å². The van der Waals surface area contributed by atoms with Crippen molar-refractivity contribution in [1.82, 2.24) is 5.32 Å². The topological polar surface area (TPSA) is 61.4 Å². The number of rotatable bonds is 7. The molecule has 5 heteroatoms. The van der Waals surface area contributed by atoms with E-state index in [0.717, 1.165) is 38.0 Å². The summed E-state index contributed by atoms with van der Waals surface area (Å²) >= 11 is 0.